The third kappa shape index (κ3) is 4.37. The number of halogens is 2. The number of benzene rings is 1. The molecule has 0 aromatic heterocycles. The molecule has 120 valence electrons. The van der Waals surface area contributed by atoms with Gasteiger partial charge in [-0.05, 0) is 50.3 Å². The lowest BCUT2D eigenvalue weighted by atomic mass is 9.84. The third-order valence-corrected chi connectivity index (χ3v) is 4.52. The molecule has 0 aliphatic heterocycles. The van der Waals surface area contributed by atoms with E-state index in [1.54, 1.807) is 32.0 Å². The van der Waals surface area contributed by atoms with Gasteiger partial charge in [-0.1, -0.05) is 29.3 Å². The van der Waals surface area contributed by atoms with Crippen molar-refractivity contribution in [1.82, 2.24) is 5.32 Å². The van der Waals surface area contributed by atoms with Crippen LogP contribution in [0, 0.1) is 5.92 Å². The summed E-state index contributed by atoms with van der Waals surface area (Å²) in [5.41, 5.74) is -0.101. The van der Waals surface area contributed by atoms with Crippen molar-refractivity contribution >= 4 is 35.1 Å². The molecule has 1 fully saturated rings. The highest BCUT2D eigenvalue weighted by Crippen LogP contribution is 2.30. The lowest BCUT2D eigenvalue weighted by molar-refractivity contribution is -0.144. The zero-order valence-corrected chi connectivity index (χ0v) is 14.1. The second kappa shape index (κ2) is 6.88. The van der Waals surface area contributed by atoms with E-state index in [2.05, 4.69) is 5.32 Å². The summed E-state index contributed by atoms with van der Waals surface area (Å²) in [6.07, 6.45) is 2.23. The molecule has 0 radical (unpaired) electrons. The van der Waals surface area contributed by atoms with E-state index in [0.29, 0.717) is 22.6 Å². The van der Waals surface area contributed by atoms with E-state index in [9.17, 15) is 9.59 Å². The lowest BCUT2D eigenvalue weighted by Gasteiger charge is -2.24. The van der Waals surface area contributed by atoms with Crippen LogP contribution in [-0.4, -0.2) is 25.0 Å². The topological polar surface area (TPSA) is 55.4 Å². The number of ether oxygens (including phenoxy) is 1. The number of hydrogen-bond acceptors (Lipinski definition) is 3. The summed E-state index contributed by atoms with van der Waals surface area (Å²) in [4.78, 5) is 23.9. The number of hydrogen-bond donors (Lipinski definition) is 1. The highest BCUT2D eigenvalue weighted by atomic mass is 35.5. The molecule has 1 N–H and O–H groups in total. The zero-order valence-electron chi connectivity index (χ0n) is 12.6. The number of carbonyl (C=O) groups is 2. The van der Waals surface area contributed by atoms with Crippen molar-refractivity contribution < 1.29 is 14.3 Å². The summed E-state index contributed by atoms with van der Waals surface area (Å²) >= 11 is 11.9. The molecule has 0 atom stereocenters. The van der Waals surface area contributed by atoms with Crippen LogP contribution < -0.4 is 5.32 Å². The molecule has 1 aromatic rings. The highest BCUT2D eigenvalue weighted by molar-refractivity contribution is 6.42. The van der Waals surface area contributed by atoms with Crippen molar-refractivity contribution in [2.24, 2.45) is 5.92 Å². The molecule has 4 nitrogen and oxygen atoms in total. The molecule has 0 saturated heterocycles. The summed E-state index contributed by atoms with van der Waals surface area (Å²) in [6, 6.07) is 5.06. The van der Waals surface area contributed by atoms with Gasteiger partial charge in [0, 0.05) is 0 Å². The van der Waals surface area contributed by atoms with Gasteiger partial charge in [-0.3, -0.25) is 9.59 Å². The molecule has 1 aliphatic carbocycles. The molecule has 0 spiro atoms. The predicted molar refractivity (Wildman–Crippen MR) is 86.2 cm³/mol. The molecule has 1 aliphatic rings. The molecular formula is C16H19Cl2NO3. The molecule has 1 aromatic carbocycles. The molecule has 6 heteroatoms. The van der Waals surface area contributed by atoms with Gasteiger partial charge in [0.05, 0.1) is 22.1 Å². The molecular weight excluding hydrogens is 325 g/mol. The molecule has 1 amide bonds. The maximum Gasteiger partial charge on any atom is 0.325 e. The number of esters is 1. The van der Waals surface area contributed by atoms with E-state index >= 15 is 0 Å². The van der Waals surface area contributed by atoms with Crippen LogP contribution in [0.15, 0.2) is 18.2 Å². The Morgan fingerprint density at radius 1 is 1.27 bits per heavy atom. The van der Waals surface area contributed by atoms with Crippen LogP contribution in [0.1, 0.15) is 32.3 Å². The fraction of sp³-hybridized carbons (Fsp3) is 0.500. The number of amides is 1. The first-order valence-electron chi connectivity index (χ1n) is 7.20. The van der Waals surface area contributed by atoms with Crippen molar-refractivity contribution in [2.45, 2.75) is 32.1 Å². The van der Waals surface area contributed by atoms with Crippen molar-refractivity contribution in [2.75, 3.05) is 13.2 Å². The molecule has 0 unspecified atom stereocenters. The Labute approximate surface area is 140 Å². The third-order valence-electron chi connectivity index (χ3n) is 3.78. The first-order chi connectivity index (χ1) is 10.3. The second-order valence-electron chi connectivity index (χ2n) is 6.06. The number of rotatable bonds is 6. The van der Waals surface area contributed by atoms with Crippen molar-refractivity contribution in [1.29, 1.82) is 0 Å². The summed E-state index contributed by atoms with van der Waals surface area (Å²) < 4.78 is 5.08. The monoisotopic (exact) mass is 343 g/mol. The average molecular weight is 344 g/mol. The Bertz CT molecular complexity index is 583. The van der Waals surface area contributed by atoms with Gasteiger partial charge in [-0.2, -0.15) is 0 Å². The minimum Gasteiger partial charge on any atom is -0.464 e. The normalized spacial score (nSPS) is 14.5. The van der Waals surface area contributed by atoms with E-state index in [1.807, 2.05) is 0 Å². The van der Waals surface area contributed by atoms with Gasteiger partial charge in [-0.25, -0.2) is 0 Å². The van der Waals surface area contributed by atoms with Gasteiger partial charge in [0.2, 0.25) is 5.91 Å². The Morgan fingerprint density at radius 3 is 2.55 bits per heavy atom. The summed E-state index contributed by atoms with van der Waals surface area (Å²) in [5.74, 6) is -0.174. The Kier molecular flexibility index (Phi) is 5.35. The van der Waals surface area contributed by atoms with Crippen LogP contribution in [0.2, 0.25) is 10.0 Å². The summed E-state index contributed by atoms with van der Waals surface area (Å²) in [7, 11) is 0. The maximum atomic E-state index is 12.3. The zero-order chi connectivity index (χ0) is 16.3. The van der Waals surface area contributed by atoms with E-state index in [4.69, 9.17) is 27.9 Å². The highest BCUT2D eigenvalue weighted by Gasteiger charge is 2.31. The fourth-order valence-corrected chi connectivity index (χ4v) is 2.23. The van der Waals surface area contributed by atoms with Gasteiger partial charge in [0.15, 0.2) is 0 Å². The Morgan fingerprint density at radius 2 is 1.95 bits per heavy atom. The van der Waals surface area contributed by atoms with E-state index in [-0.39, 0.29) is 12.5 Å². The Balaban J connectivity index is 1.91. The average Bonchev–Trinajstić information content (AvgIpc) is 3.29. The van der Waals surface area contributed by atoms with Crippen LogP contribution >= 0.6 is 23.2 Å². The molecule has 2 rings (SSSR count). The van der Waals surface area contributed by atoms with E-state index < -0.39 is 11.4 Å². The van der Waals surface area contributed by atoms with Crippen LogP contribution in [0.3, 0.4) is 0 Å². The summed E-state index contributed by atoms with van der Waals surface area (Å²) in [5, 5.41) is 3.44. The Hall–Kier alpha value is -1.26. The smallest absolute Gasteiger partial charge is 0.325 e. The largest absolute Gasteiger partial charge is 0.464 e. The van der Waals surface area contributed by atoms with Crippen LogP contribution in [0.4, 0.5) is 0 Å². The number of carbonyl (C=O) groups excluding carboxylic acids is 2. The lowest BCUT2D eigenvalue weighted by Crippen LogP contribution is -2.42. The first-order valence-corrected chi connectivity index (χ1v) is 7.95. The fourth-order valence-electron chi connectivity index (χ4n) is 1.94. The maximum absolute atomic E-state index is 12.3. The van der Waals surface area contributed by atoms with Crippen molar-refractivity contribution in [3.05, 3.63) is 33.8 Å². The minimum absolute atomic E-state index is 0.129. The molecule has 0 bridgehead atoms. The minimum atomic E-state index is -0.828. The van der Waals surface area contributed by atoms with E-state index in [0.717, 1.165) is 18.4 Å². The predicted octanol–water partition coefficient (Wildman–Crippen LogP) is 3.34. The van der Waals surface area contributed by atoms with Crippen molar-refractivity contribution in [3.63, 3.8) is 0 Å². The molecule has 1 saturated carbocycles. The summed E-state index contributed by atoms with van der Waals surface area (Å²) in [6.45, 7) is 3.84. The van der Waals surface area contributed by atoms with Crippen LogP contribution in [0.25, 0.3) is 0 Å². The van der Waals surface area contributed by atoms with Gasteiger partial charge in [-0.15, -0.1) is 0 Å². The molecule has 0 heterocycles. The quantitative estimate of drug-likeness (QED) is 0.806. The van der Waals surface area contributed by atoms with Crippen LogP contribution in [0.5, 0.6) is 0 Å². The van der Waals surface area contributed by atoms with Crippen LogP contribution in [-0.2, 0) is 19.7 Å². The van der Waals surface area contributed by atoms with Gasteiger partial charge >= 0.3 is 5.97 Å². The standard InChI is InChI=1S/C16H19Cl2NO3/c1-16(2,11-5-6-12(17)13(18)7-11)15(21)19-8-14(20)22-9-10-3-4-10/h5-7,10H,3-4,8-9H2,1-2H3,(H,19,21). The SMILES string of the molecule is CC(C)(C(=O)NCC(=O)OCC1CC1)c1ccc(Cl)c(Cl)c1. The number of nitrogens with one attached hydrogen (secondary N) is 1. The van der Waals surface area contributed by atoms with Gasteiger partial charge in [0.1, 0.15) is 6.54 Å². The van der Waals surface area contributed by atoms with Gasteiger partial charge < -0.3 is 10.1 Å². The van der Waals surface area contributed by atoms with E-state index in [1.165, 1.54) is 0 Å². The van der Waals surface area contributed by atoms with Gasteiger partial charge in [0.25, 0.3) is 0 Å². The van der Waals surface area contributed by atoms with Crippen molar-refractivity contribution in [3.8, 4) is 0 Å². The second-order valence-corrected chi connectivity index (χ2v) is 6.88. The molecule has 22 heavy (non-hydrogen) atoms. The first kappa shape index (κ1) is 17.1.